The summed E-state index contributed by atoms with van der Waals surface area (Å²) in [5.74, 6) is 2.46. The zero-order valence-electron chi connectivity index (χ0n) is 23.0. The van der Waals surface area contributed by atoms with Gasteiger partial charge in [0.25, 0.3) is 0 Å². The van der Waals surface area contributed by atoms with Crippen LogP contribution in [0.4, 0.5) is 0 Å². The minimum Gasteiger partial charge on any atom is -0.337 e. The summed E-state index contributed by atoms with van der Waals surface area (Å²) in [6.07, 6.45) is 15.5. The van der Waals surface area contributed by atoms with Crippen molar-refractivity contribution in [1.82, 2.24) is 9.88 Å². The second-order valence-corrected chi connectivity index (χ2v) is 12.0. The van der Waals surface area contributed by atoms with Crippen LogP contribution in [0.15, 0.2) is 54.7 Å². The Morgan fingerprint density at radius 3 is 2.42 bits per heavy atom. The van der Waals surface area contributed by atoms with Crippen molar-refractivity contribution in [2.45, 2.75) is 103 Å². The minimum absolute atomic E-state index is 0.0908. The summed E-state index contributed by atoms with van der Waals surface area (Å²) >= 11 is 0. The quantitative estimate of drug-likeness (QED) is 0.375. The Bertz CT molecular complexity index is 925. The van der Waals surface area contributed by atoms with Crippen molar-refractivity contribution in [2.75, 3.05) is 6.54 Å². The smallest absolute Gasteiger partial charge is 0.226 e. The number of benzene rings is 1. The van der Waals surface area contributed by atoms with Gasteiger partial charge in [-0.1, -0.05) is 89.3 Å². The number of aromatic nitrogens is 1. The molecular formula is C33H48N2O. The molecule has 3 heteroatoms. The number of hydrogen-bond acceptors (Lipinski definition) is 2. The molecule has 1 saturated carbocycles. The van der Waals surface area contributed by atoms with Crippen molar-refractivity contribution in [2.24, 2.45) is 23.7 Å². The number of pyridine rings is 1. The second-order valence-electron chi connectivity index (χ2n) is 12.0. The van der Waals surface area contributed by atoms with Gasteiger partial charge >= 0.3 is 0 Å². The summed E-state index contributed by atoms with van der Waals surface area (Å²) in [6, 6.07) is 17.4. The standard InChI is InChI=1S/C33H48N2O/c1-4-26(2)24-33(30-16-6-5-7-17-30)19-11-15-29(23-28-13-10-14-28)27(3)32(36)35(22-12-20-33)25-31-18-8-9-21-34-31/h5-9,16-18,21,26-29H,4,10-15,19-20,22-25H2,1-3H3/t26?,27?,29?,33-/m0/s1. The van der Waals surface area contributed by atoms with Gasteiger partial charge in [-0.3, -0.25) is 9.78 Å². The Labute approximate surface area is 220 Å². The van der Waals surface area contributed by atoms with Gasteiger partial charge < -0.3 is 4.90 Å². The summed E-state index contributed by atoms with van der Waals surface area (Å²) in [7, 11) is 0. The van der Waals surface area contributed by atoms with E-state index in [-0.39, 0.29) is 11.3 Å². The Morgan fingerprint density at radius 1 is 1.00 bits per heavy atom. The topological polar surface area (TPSA) is 33.2 Å². The third kappa shape index (κ3) is 6.78. The fourth-order valence-electron chi connectivity index (χ4n) is 6.82. The summed E-state index contributed by atoms with van der Waals surface area (Å²) in [5.41, 5.74) is 2.71. The van der Waals surface area contributed by atoms with Crippen LogP contribution in [-0.2, 0) is 16.8 Å². The van der Waals surface area contributed by atoms with Gasteiger partial charge in [-0.15, -0.1) is 0 Å². The molecule has 3 nitrogen and oxygen atoms in total. The molecule has 2 aromatic rings. The zero-order valence-corrected chi connectivity index (χ0v) is 23.0. The molecule has 1 amide bonds. The Kier molecular flexibility index (Phi) is 9.62. The molecule has 0 radical (unpaired) electrons. The van der Waals surface area contributed by atoms with Gasteiger partial charge in [0.05, 0.1) is 12.2 Å². The van der Waals surface area contributed by atoms with E-state index in [0.29, 0.717) is 24.3 Å². The Balaban J connectivity index is 1.63. The maximum atomic E-state index is 13.9. The van der Waals surface area contributed by atoms with E-state index in [1.807, 2.05) is 18.3 Å². The number of carbonyl (C=O) groups excluding carboxylic acids is 1. The monoisotopic (exact) mass is 488 g/mol. The van der Waals surface area contributed by atoms with Gasteiger partial charge in [-0.05, 0) is 79.4 Å². The van der Waals surface area contributed by atoms with Crippen LogP contribution >= 0.6 is 0 Å². The third-order valence-corrected chi connectivity index (χ3v) is 9.48. The van der Waals surface area contributed by atoms with E-state index in [2.05, 4.69) is 67.1 Å². The summed E-state index contributed by atoms with van der Waals surface area (Å²) in [4.78, 5) is 20.6. The number of nitrogens with zero attached hydrogens (tertiary/aromatic N) is 2. The number of carbonyl (C=O) groups is 1. The lowest BCUT2D eigenvalue weighted by molar-refractivity contribution is -0.138. The van der Waals surface area contributed by atoms with Crippen LogP contribution in [0.3, 0.4) is 0 Å². The van der Waals surface area contributed by atoms with E-state index in [4.69, 9.17) is 0 Å². The van der Waals surface area contributed by atoms with E-state index < -0.39 is 0 Å². The van der Waals surface area contributed by atoms with Crippen molar-refractivity contribution in [1.29, 1.82) is 0 Å². The van der Waals surface area contributed by atoms with E-state index >= 15 is 0 Å². The summed E-state index contributed by atoms with van der Waals surface area (Å²) < 4.78 is 0. The fourth-order valence-corrected chi connectivity index (χ4v) is 6.82. The van der Waals surface area contributed by atoms with Crippen molar-refractivity contribution >= 4 is 5.91 Å². The molecule has 1 aliphatic heterocycles. The largest absolute Gasteiger partial charge is 0.337 e. The van der Waals surface area contributed by atoms with Crippen LogP contribution in [0.5, 0.6) is 0 Å². The van der Waals surface area contributed by atoms with Crippen LogP contribution in [-0.4, -0.2) is 22.3 Å². The van der Waals surface area contributed by atoms with Gasteiger partial charge in [0.2, 0.25) is 5.91 Å². The molecule has 0 N–H and O–H groups in total. The first-order valence-electron chi connectivity index (χ1n) is 14.7. The molecule has 4 rings (SSSR count). The Morgan fingerprint density at radius 2 is 1.75 bits per heavy atom. The molecule has 36 heavy (non-hydrogen) atoms. The van der Waals surface area contributed by atoms with E-state index in [9.17, 15) is 4.79 Å². The molecule has 3 unspecified atom stereocenters. The number of amides is 1. The maximum Gasteiger partial charge on any atom is 0.226 e. The minimum atomic E-state index is 0.0908. The van der Waals surface area contributed by atoms with Crippen molar-refractivity contribution in [3.63, 3.8) is 0 Å². The van der Waals surface area contributed by atoms with Crippen molar-refractivity contribution in [3.8, 4) is 0 Å². The van der Waals surface area contributed by atoms with Gasteiger partial charge in [0.1, 0.15) is 0 Å². The summed E-state index contributed by atoms with van der Waals surface area (Å²) in [6.45, 7) is 8.43. The molecule has 1 aromatic carbocycles. The van der Waals surface area contributed by atoms with Crippen molar-refractivity contribution in [3.05, 3.63) is 66.0 Å². The lowest BCUT2D eigenvalue weighted by Crippen LogP contribution is -2.39. The normalized spacial score (nSPS) is 27.2. The highest BCUT2D eigenvalue weighted by Gasteiger charge is 2.37. The van der Waals surface area contributed by atoms with Gasteiger partial charge in [0.15, 0.2) is 0 Å². The van der Waals surface area contributed by atoms with Crippen LogP contribution < -0.4 is 0 Å². The first-order valence-corrected chi connectivity index (χ1v) is 14.7. The average Bonchev–Trinajstić information content (AvgIpc) is 2.90. The highest BCUT2D eigenvalue weighted by molar-refractivity contribution is 5.78. The van der Waals surface area contributed by atoms with E-state index in [0.717, 1.165) is 31.0 Å². The van der Waals surface area contributed by atoms with Gasteiger partial charge in [-0.2, -0.15) is 0 Å². The van der Waals surface area contributed by atoms with E-state index in [1.165, 1.54) is 63.4 Å². The summed E-state index contributed by atoms with van der Waals surface area (Å²) in [5, 5.41) is 0. The molecule has 1 saturated heterocycles. The van der Waals surface area contributed by atoms with Gasteiger partial charge in [0, 0.05) is 18.7 Å². The van der Waals surface area contributed by atoms with Crippen LogP contribution in [0.25, 0.3) is 0 Å². The lowest BCUT2D eigenvalue weighted by Gasteiger charge is -2.38. The molecule has 2 heterocycles. The highest BCUT2D eigenvalue weighted by atomic mass is 16.2. The number of rotatable bonds is 8. The first kappa shape index (κ1) is 26.9. The first-order chi connectivity index (χ1) is 17.5. The predicted octanol–water partition coefficient (Wildman–Crippen LogP) is 8.19. The molecule has 4 atom stereocenters. The molecule has 2 fully saturated rings. The molecular weight excluding hydrogens is 440 g/mol. The SMILES string of the molecule is CCC(C)C[C@]1(c2ccccc2)CCCC(CC2CCC2)C(C)C(=O)N(Cc2ccccn2)CCC1. The maximum absolute atomic E-state index is 13.9. The second kappa shape index (κ2) is 12.9. The van der Waals surface area contributed by atoms with Crippen molar-refractivity contribution < 1.29 is 4.79 Å². The van der Waals surface area contributed by atoms with Crippen LogP contribution in [0, 0.1) is 23.7 Å². The zero-order chi connectivity index (χ0) is 25.4. The lowest BCUT2D eigenvalue weighted by atomic mass is 9.67. The molecule has 2 aliphatic rings. The Hall–Kier alpha value is -2.16. The average molecular weight is 489 g/mol. The molecule has 0 bridgehead atoms. The van der Waals surface area contributed by atoms with E-state index in [1.54, 1.807) is 0 Å². The third-order valence-electron chi connectivity index (χ3n) is 9.48. The van der Waals surface area contributed by atoms with Gasteiger partial charge in [-0.25, -0.2) is 0 Å². The number of hydrogen-bond donors (Lipinski definition) is 0. The van der Waals surface area contributed by atoms with Crippen LogP contribution in [0.1, 0.15) is 103 Å². The molecule has 1 aromatic heterocycles. The molecule has 0 spiro atoms. The molecule has 1 aliphatic carbocycles. The highest BCUT2D eigenvalue weighted by Crippen LogP contribution is 2.44. The van der Waals surface area contributed by atoms with Crippen LogP contribution in [0.2, 0.25) is 0 Å². The predicted molar refractivity (Wildman–Crippen MR) is 150 cm³/mol. The fraction of sp³-hybridized carbons (Fsp3) is 0.636. The molecule has 196 valence electrons.